The van der Waals surface area contributed by atoms with Crippen molar-refractivity contribution in [3.05, 3.63) is 51.5 Å². The van der Waals surface area contributed by atoms with Crippen LogP contribution in [0.15, 0.2) is 30.3 Å². The van der Waals surface area contributed by atoms with Crippen LogP contribution in [-0.2, 0) is 12.8 Å². The molecule has 1 aromatic carbocycles. The first kappa shape index (κ1) is 22.5. The summed E-state index contributed by atoms with van der Waals surface area (Å²) in [5, 5.41) is 1.67. The normalized spacial score (nSPS) is 19.1. The summed E-state index contributed by atoms with van der Waals surface area (Å²) < 4.78 is 0. The lowest BCUT2D eigenvalue weighted by atomic mass is 9.71. The highest BCUT2D eigenvalue weighted by Gasteiger charge is 2.31. The van der Waals surface area contributed by atoms with Gasteiger partial charge in [0, 0.05) is 48.0 Å². The molecule has 0 bridgehead atoms. The minimum atomic E-state index is 0.0202. The third-order valence-corrected chi connectivity index (χ3v) is 8.58. The topological polar surface area (TPSA) is 62.5 Å². The second-order valence-corrected chi connectivity index (χ2v) is 11.8. The van der Waals surface area contributed by atoms with Gasteiger partial charge in [-0.05, 0) is 60.4 Å². The molecule has 33 heavy (non-hydrogen) atoms. The number of aryl methyl sites for hydroxylation is 1. The third-order valence-electron chi connectivity index (χ3n) is 7.24. The van der Waals surface area contributed by atoms with E-state index in [0.717, 1.165) is 46.9 Å². The zero-order chi connectivity index (χ0) is 23.3. The molecule has 0 spiro atoms. The number of anilines is 2. The molecule has 7 heteroatoms. The van der Waals surface area contributed by atoms with Crippen LogP contribution in [-0.4, -0.2) is 42.0 Å². The first-order valence-corrected chi connectivity index (χ1v) is 12.9. The number of carbonyl (C=O) groups is 1. The first-order chi connectivity index (χ1) is 15.7. The van der Waals surface area contributed by atoms with Gasteiger partial charge in [0.2, 0.25) is 0 Å². The monoisotopic (exact) mass is 482 g/mol. The molecule has 5 nitrogen and oxygen atoms in total. The minimum absolute atomic E-state index is 0.0202. The third kappa shape index (κ3) is 4.31. The average molecular weight is 483 g/mol. The smallest absolute Gasteiger partial charge is 0.266 e. The van der Waals surface area contributed by atoms with Crippen molar-refractivity contribution in [2.75, 3.05) is 36.8 Å². The number of carbonyl (C=O) groups excluding carboxylic acids is 1. The van der Waals surface area contributed by atoms with Crippen molar-refractivity contribution in [1.82, 2.24) is 9.88 Å². The van der Waals surface area contributed by atoms with Crippen LogP contribution in [0, 0.1) is 11.3 Å². The highest BCUT2D eigenvalue weighted by atomic mass is 35.5. The molecule has 2 aliphatic rings. The van der Waals surface area contributed by atoms with Crippen LogP contribution in [0.5, 0.6) is 0 Å². The maximum Gasteiger partial charge on any atom is 0.266 e. The summed E-state index contributed by atoms with van der Waals surface area (Å²) in [5.41, 5.74) is 11.0. The molecule has 1 aliphatic carbocycles. The summed E-state index contributed by atoms with van der Waals surface area (Å²) in [7, 11) is 0. The Labute approximate surface area is 204 Å². The van der Waals surface area contributed by atoms with Gasteiger partial charge in [-0.3, -0.25) is 4.79 Å². The van der Waals surface area contributed by atoms with E-state index in [9.17, 15) is 4.79 Å². The number of nitrogen functional groups attached to an aromatic ring is 1. The van der Waals surface area contributed by atoms with E-state index in [2.05, 4.69) is 37.8 Å². The molecule has 1 aliphatic heterocycles. The molecule has 1 amide bonds. The number of benzene rings is 1. The lowest BCUT2D eigenvalue weighted by molar-refractivity contribution is 0.0752. The molecule has 2 N–H and O–H groups in total. The van der Waals surface area contributed by atoms with Crippen LogP contribution in [0.3, 0.4) is 0 Å². The molecule has 1 saturated heterocycles. The summed E-state index contributed by atoms with van der Waals surface area (Å²) in [6.07, 6.45) is 3.20. The number of aromatic nitrogens is 1. The van der Waals surface area contributed by atoms with E-state index < -0.39 is 0 Å². The van der Waals surface area contributed by atoms with Gasteiger partial charge in [-0.15, -0.1) is 11.3 Å². The fourth-order valence-corrected chi connectivity index (χ4v) is 6.32. The number of hydrogen-bond donors (Lipinski definition) is 1. The van der Waals surface area contributed by atoms with Crippen molar-refractivity contribution in [3.63, 3.8) is 0 Å². The number of fused-ring (bicyclic) bond motifs is 2. The maximum atomic E-state index is 13.4. The fourth-order valence-electron chi connectivity index (χ4n) is 5.07. The second kappa shape index (κ2) is 8.48. The van der Waals surface area contributed by atoms with Gasteiger partial charge in [-0.25, -0.2) is 4.98 Å². The molecule has 1 unspecified atom stereocenters. The van der Waals surface area contributed by atoms with Crippen molar-refractivity contribution in [3.8, 4) is 0 Å². The Bertz CT molecular complexity index is 1210. The Hall–Kier alpha value is -2.31. The largest absolute Gasteiger partial charge is 0.397 e. The number of halogens is 1. The van der Waals surface area contributed by atoms with E-state index in [0.29, 0.717) is 29.6 Å². The molecule has 0 saturated carbocycles. The maximum absolute atomic E-state index is 13.4. The van der Waals surface area contributed by atoms with Crippen molar-refractivity contribution >= 4 is 50.4 Å². The molecular weight excluding hydrogens is 452 g/mol. The number of piperazine rings is 1. The molecule has 3 aromatic rings. The minimum Gasteiger partial charge on any atom is -0.397 e. The molecule has 3 heterocycles. The predicted octanol–water partition coefficient (Wildman–Crippen LogP) is 5.65. The Kier molecular flexibility index (Phi) is 5.78. The number of nitrogens with two attached hydrogens (primary N) is 1. The van der Waals surface area contributed by atoms with Crippen LogP contribution < -0.4 is 10.6 Å². The van der Waals surface area contributed by atoms with Gasteiger partial charge in [0.05, 0.1) is 5.69 Å². The van der Waals surface area contributed by atoms with Crippen LogP contribution in [0.1, 0.15) is 48.1 Å². The van der Waals surface area contributed by atoms with Crippen LogP contribution in [0.2, 0.25) is 5.02 Å². The second-order valence-electron chi connectivity index (χ2n) is 10.4. The van der Waals surface area contributed by atoms with Gasteiger partial charge in [-0.1, -0.05) is 38.4 Å². The summed E-state index contributed by atoms with van der Waals surface area (Å²) >= 11 is 7.59. The Morgan fingerprint density at radius 2 is 1.94 bits per heavy atom. The molecule has 2 aromatic heterocycles. The van der Waals surface area contributed by atoms with E-state index in [4.69, 9.17) is 22.3 Å². The van der Waals surface area contributed by atoms with Gasteiger partial charge in [-0.2, -0.15) is 0 Å². The number of hydrogen-bond acceptors (Lipinski definition) is 5. The standard InChI is InChI=1S/C26H31ClN4OS/c1-26(2,3)17-7-8-21-16(13-17)14-20-22(28)23(33-24(20)29-21)25(32)31-11-9-30(10-12-31)19-6-4-5-18(27)15-19/h4-6,14-15,17H,7-13,28H2,1-3H3. The van der Waals surface area contributed by atoms with Crippen LogP contribution in [0.25, 0.3) is 10.2 Å². The Morgan fingerprint density at radius 3 is 2.64 bits per heavy atom. The summed E-state index contributed by atoms with van der Waals surface area (Å²) in [4.78, 5) is 24.0. The Balaban J connectivity index is 1.35. The first-order valence-electron chi connectivity index (χ1n) is 11.7. The molecule has 1 fully saturated rings. The lowest BCUT2D eigenvalue weighted by Gasteiger charge is -2.36. The number of rotatable bonds is 2. The number of nitrogens with zero attached hydrogens (tertiary/aromatic N) is 3. The fraction of sp³-hybridized carbons (Fsp3) is 0.462. The summed E-state index contributed by atoms with van der Waals surface area (Å²) in [6.45, 7) is 9.82. The van der Waals surface area contributed by atoms with Crippen molar-refractivity contribution in [1.29, 1.82) is 0 Å². The van der Waals surface area contributed by atoms with Crippen LogP contribution >= 0.6 is 22.9 Å². The highest BCUT2D eigenvalue weighted by Crippen LogP contribution is 2.40. The van der Waals surface area contributed by atoms with Gasteiger partial charge in [0.1, 0.15) is 9.71 Å². The zero-order valence-corrected chi connectivity index (χ0v) is 21.1. The number of pyridine rings is 1. The SMILES string of the molecule is CC(C)(C)C1CCc2nc3sc(C(=O)N4CCN(c5cccc(Cl)c5)CC4)c(N)c3cc2C1. The van der Waals surface area contributed by atoms with Crippen molar-refractivity contribution in [2.45, 2.75) is 40.0 Å². The van der Waals surface area contributed by atoms with Gasteiger partial charge in [0.15, 0.2) is 0 Å². The molecule has 0 radical (unpaired) electrons. The molecular formula is C26H31ClN4OS. The van der Waals surface area contributed by atoms with E-state index in [1.165, 1.54) is 29.0 Å². The predicted molar refractivity (Wildman–Crippen MR) is 139 cm³/mol. The number of amides is 1. The average Bonchev–Trinajstić information content (AvgIpc) is 3.11. The van der Waals surface area contributed by atoms with E-state index in [-0.39, 0.29) is 11.3 Å². The van der Waals surface area contributed by atoms with E-state index in [1.807, 2.05) is 23.1 Å². The van der Waals surface area contributed by atoms with Gasteiger partial charge in [0.25, 0.3) is 5.91 Å². The van der Waals surface area contributed by atoms with E-state index >= 15 is 0 Å². The molecule has 174 valence electrons. The zero-order valence-electron chi connectivity index (χ0n) is 19.5. The molecule has 5 rings (SSSR count). The van der Waals surface area contributed by atoms with Gasteiger partial charge >= 0.3 is 0 Å². The highest BCUT2D eigenvalue weighted by molar-refractivity contribution is 7.21. The number of thiophene rings is 1. The lowest BCUT2D eigenvalue weighted by Crippen LogP contribution is -2.48. The van der Waals surface area contributed by atoms with Crippen molar-refractivity contribution in [2.24, 2.45) is 11.3 Å². The molecule has 1 atom stereocenters. The summed E-state index contributed by atoms with van der Waals surface area (Å²) in [6, 6.07) is 10.1. The van der Waals surface area contributed by atoms with E-state index in [1.54, 1.807) is 0 Å². The quantitative estimate of drug-likeness (QED) is 0.513. The Morgan fingerprint density at radius 1 is 1.18 bits per heavy atom. The van der Waals surface area contributed by atoms with Gasteiger partial charge < -0.3 is 15.5 Å². The summed E-state index contributed by atoms with van der Waals surface area (Å²) in [5.74, 6) is 0.660. The van der Waals surface area contributed by atoms with Crippen LogP contribution in [0.4, 0.5) is 11.4 Å². The van der Waals surface area contributed by atoms with Crippen molar-refractivity contribution < 1.29 is 4.79 Å².